The Labute approximate surface area is 113 Å². The minimum Gasteiger partial charge on any atom is -0.317 e. The smallest absolute Gasteiger partial charge is 0.00930 e. The van der Waals surface area contributed by atoms with Gasteiger partial charge in [0.05, 0.1) is 0 Å². The van der Waals surface area contributed by atoms with Crippen molar-refractivity contribution >= 4 is 12.4 Å². The molecule has 1 aliphatic carbocycles. The molecule has 17 heavy (non-hydrogen) atoms. The number of nitrogens with one attached hydrogen (secondary N) is 2. The summed E-state index contributed by atoms with van der Waals surface area (Å²) in [6, 6.07) is 0.797. The van der Waals surface area contributed by atoms with Gasteiger partial charge in [0.25, 0.3) is 0 Å². The second-order valence-corrected chi connectivity index (χ2v) is 6.10. The topological polar surface area (TPSA) is 24.1 Å². The van der Waals surface area contributed by atoms with Crippen LogP contribution in [0.1, 0.15) is 46.0 Å². The van der Waals surface area contributed by atoms with Crippen LogP contribution >= 0.6 is 12.4 Å². The molecule has 0 aromatic rings. The molecular weight excluding hydrogens is 232 g/mol. The molecule has 3 unspecified atom stereocenters. The molecule has 2 nitrogen and oxygen atoms in total. The zero-order valence-electron chi connectivity index (χ0n) is 11.4. The van der Waals surface area contributed by atoms with Crippen molar-refractivity contribution in [2.45, 2.75) is 52.0 Å². The molecular formula is C14H29ClN2. The summed E-state index contributed by atoms with van der Waals surface area (Å²) < 4.78 is 0. The normalized spacial score (nSPS) is 35.3. The van der Waals surface area contributed by atoms with E-state index in [9.17, 15) is 0 Å². The van der Waals surface area contributed by atoms with E-state index in [0.29, 0.717) is 0 Å². The summed E-state index contributed by atoms with van der Waals surface area (Å²) in [5.41, 5.74) is 0. The molecule has 0 aromatic carbocycles. The summed E-state index contributed by atoms with van der Waals surface area (Å²) in [4.78, 5) is 0. The SMILES string of the molecule is CC1CCC(NCC2CCNCC2)C(C)C1.Cl. The van der Waals surface area contributed by atoms with Gasteiger partial charge in [0.2, 0.25) is 0 Å². The fourth-order valence-electron chi connectivity index (χ4n) is 3.37. The molecule has 2 rings (SSSR count). The standard InChI is InChI=1S/C14H28N2.ClH/c1-11-3-4-14(12(2)9-11)16-10-13-5-7-15-8-6-13;/h11-16H,3-10H2,1-2H3;1H. The largest absolute Gasteiger partial charge is 0.317 e. The van der Waals surface area contributed by atoms with Crippen LogP contribution in [0.2, 0.25) is 0 Å². The van der Waals surface area contributed by atoms with E-state index < -0.39 is 0 Å². The summed E-state index contributed by atoms with van der Waals surface area (Å²) in [6.07, 6.45) is 6.97. The van der Waals surface area contributed by atoms with Gasteiger partial charge in [-0.05, 0) is 69.5 Å². The summed E-state index contributed by atoms with van der Waals surface area (Å²) in [7, 11) is 0. The van der Waals surface area contributed by atoms with Crippen LogP contribution in [-0.2, 0) is 0 Å². The van der Waals surface area contributed by atoms with E-state index in [0.717, 1.165) is 23.8 Å². The van der Waals surface area contributed by atoms with Crippen LogP contribution in [0.5, 0.6) is 0 Å². The first kappa shape index (κ1) is 15.3. The number of hydrogen-bond acceptors (Lipinski definition) is 2. The highest BCUT2D eigenvalue weighted by molar-refractivity contribution is 5.85. The highest BCUT2D eigenvalue weighted by Crippen LogP contribution is 2.28. The quantitative estimate of drug-likeness (QED) is 0.816. The minimum absolute atomic E-state index is 0. The van der Waals surface area contributed by atoms with Crippen LogP contribution in [0.15, 0.2) is 0 Å². The summed E-state index contributed by atoms with van der Waals surface area (Å²) in [5.74, 6) is 2.75. The van der Waals surface area contributed by atoms with Gasteiger partial charge in [-0.2, -0.15) is 0 Å². The second-order valence-electron chi connectivity index (χ2n) is 6.10. The van der Waals surface area contributed by atoms with Gasteiger partial charge in [-0.25, -0.2) is 0 Å². The highest BCUT2D eigenvalue weighted by Gasteiger charge is 2.25. The van der Waals surface area contributed by atoms with Crippen LogP contribution < -0.4 is 10.6 Å². The van der Waals surface area contributed by atoms with Crippen molar-refractivity contribution in [2.24, 2.45) is 17.8 Å². The maximum atomic E-state index is 3.83. The first-order valence-corrected chi connectivity index (χ1v) is 7.20. The van der Waals surface area contributed by atoms with Gasteiger partial charge in [0, 0.05) is 6.04 Å². The Morgan fingerprint density at radius 2 is 1.76 bits per heavy atom. The third-order valence-corrected chi connectivity index (χ3v) is 4.56. The van der Waals surface area contributed by atoms with Crippen molar-refractivity contribution < 1.29 is 0 Å². The fraction of sp³-hybridized carbons (Fsp3) is 1.00. The van der Waals surface area contributed by atoms with E-state index in [1.165, 1.54) is 51.7 Å². The predicted octanol–water partition coefficient (Wildman–Crippen LogP) is 2.82. The highest BCUT2D eigenvalue weighted by atomic mass is 35.5. The van der Waals surface area contributed by atoms with Gasteiger partial charge >= 0.3 is 0 Å². The molecule has 2 aliphatic rings. The lowest BCUT2D eigenvalue weighted by Crippen LogP contribution is -2.43. The van der Waals surface area contributed by atoms with Crippen molar-refractivity contribution in [3.8, 4) is 0 Å². The Morgan fingerprint density at radius 1 is 1.06 bits per heavy atom. The van der Waals surface area contributed by atoms with Gasteiger partial charge in [0.1, 0.15) is 0 Å². The molecule has 1 aliphatic heterocycles. The third-order valence-electron chi connectivity index (χ3n) is 4.56. The van der Waals surface area contributed by atoms with E-state index in [1.807, 2.05) is 0 Å². The maximum absolute atomic E-state index is 3.83. The van der Waals surface area contributed by atoms with E-state index in [4.69, 9.17) is 0 Å². The molecule has 2 fully saturated rings. The number of halogens is 1. The van der Waals surface area contributed by atoms with E-state index in [-0.39, 0.29) is 12.4 Å². The van der Waals surface area contributed by atoms with Crippen molar-refractivity contribution in [3.05, 3.63) is 0 Å². The van der Waals surface area contributed by atoms with Crippen molar-refractivity contribution in [2.75, 3.05) is 19.6 Å². The minimum atomic E-state index is 0. The second kappa shape index (κ2) is 7.60. The molecule has 0 radical (unpaired) electrons. The molecule has 102 valence electrons. The summed E-state index contributed by atoms with van der Waals surface area (Å²) in [6.45, 7) is 8.54. The lowest BCUT2D eigenvalue weighted by atomic mass is 9.79. The molecule has 2 N–H and O–H groups in total. The van der Waals surface area contributed by atoms with Crippen molar-refractivity contribution in [1.29, 1.82) is 0 Å². The van der Waals surface area contributed by atoms with Crippen LogP contribution in [0, 0.1) is 17.8 Å². The van der Waals surface area contributed by atoms with Gasteiger partial charge < -0.3 is 10.6 Å². The van der Waals surface area contributed by atoms with E-state index >= 15 is 0 Å². The molecule has 1 saturated carbocycles. The number of rotatable bonds is 3. The summed E-state index contributed by atoms with van der Waals surface area (Å²) in [5, 5.41) is 7.27. The summed E-state index contributed by atoms with van der Waals surface area (Å²) >= 11 is 0. The molecule has 0 bridgehead atoms. The number of hydrogen-bond donors (Lipinski definition) is 2. The zero-order valence-corrected chi connectivity index (χ0v) is 12.2. The third kappa shape index (κ3) is 4.76. The Morgan fingerprint density at radius 3 is 2.41 bits per heavy atom. The lowest BCUT2D eigenvalue weighted by molar-refractivity contribution is 0.214. The van der Waals surface area contributed by atoms with Crippen LogP contribution in [0.3, 0.4) is 0 Å². The van der Waals surface area contributed by atoms with Crippen LogP contribution in [0.25, 0.3) is 0 Å². The molecule has 0 spiro atoms. The van der Waals surface area contributed by atoms with Gasteiger partial charge in [-0.15, -0.1) is 12.4 Å². The molecule has 1 saturated heterocycles. The van der Waals surface area contributed by atoms with E-state index in [1.54, 1.807) is 0 Å². The molecule has 0 aromatic heterocycles. The maximum Gasteiger partial charge on any atom is 0.00930 e. The van der Waals surface area contributed by atoms with Crippen LogP contribution in [-0.4, -0.2) is 25.7 Å². The Bertz CT molecular complexity index is 204. The van der Waals surface area contributed by atoms with E-state index in [2.05, 4.69) is 24.5 Å². The zero-order chi connectivity index (χ0) is 11.4. The Hall–Kier alpha value is 0.210. The first-order chi connectivity index (χ1) is 7.75. The first-order valence-electron chi connectivity index (χ1n) is 7.20. The Kier molecular flexibility index (Phi) is 6.83. The van der Waals surface area contributed by atoms with Crippen LogP contribution in [0.4, 0.5) is 0 Å². The Balaban J connectivity index is 0.00000144. The lowest BCUT2D eigenvalue weighted by Gasteiger charge is -2.35. The molecule has 3 heteroatoms. The average Bonchev–Trinajstić information content (AvgIpc) is 2.29. The number of piperidine rings is 1. The van der Waals surface area contributed by atoms with Crippen molar-refractivity contribution in [3.63, 3.8) is 0 Å². The molecule has 0 amide bonds. The van der Waals surface area contributed by atoms with Crippen molar-refractivity contribution in [1.82, 2.24) is 10.6 Å². The van der Waals surface area contributed by atoms with Gasteiger partial charge in [-0.1, -0.05) is 13.8 Å². The molecule has 3 atom stereocenters. The van der Waals surface area contributed by atoms with Gasteiger partial charge in [0.15, 0.2) is 0 Å². The van der Waals surface area contributed by atoms with Gasteiger partial charge in [-0.3, -0.25) is 0 Å². The predicted molar refractivity (Wildman–Crippen MR) is 76.8 cm³/mol. The molecule has 1 heterocycles. The monoisotopic (exact) mass is 260 g/mol. The fourth-order valence-corrected chi connectivity index (χ4v) is 3.37. The average molecular weight is 261 g/mol.